The van der Waals surface area contributed by atoms with E-state index in [1.807, 2.05) is 6.07 Å². The fourth-order valence-electron chi connectivity index (χ4n) is 3.90. The van der Waals surface area contributed by atoms with Crippen LogP contribution in [0, 0.1) is 20.8 Å². The number of hydrogen-bond donors (Lipinski definition) is 0. The maximum absolute atomic E-state index is 12.2. The van der Waals surface area contributed by atoms with Crippen molar-refractivity contribution in [2.75, 3.05) is 16.4 Å². The Bertz CT molecular complexity index is 1010. The van der Waals surface area contributed by atoms with E-state index in [0.717, 1.165) is 22.2 Å². The van der Waals surface area contributed by atoms with Crippen LogP contribution in [-0.2, 0) is 15.6 Å². The number of aliphatic imine (C=N–C) groups is 1. The number of aryl methyl sites for hydroxylation is 3. The first-order chi connectivity index (χ1) is 12.8. The zero-order chi connectivity index (χ0) is 19.2. The maximum atomic E-state index is 12.2. The molecule has 0 aromatic heterocycles. The molecule has 0 spiro atoms. The highest BCUT2D eigenvalue weighted by molar-refractivity contribution is 8.13. The number of nitrogens with zero attached hydrogens (tertiary/aromatic N) is 2. The summed E-state index contributed by atoms with van der Waals surface area (Å²) in [6.07, 6.45) is 0. The molecule has 2 heterocycles. The first kappa shape index (κ1) is 18.6. The number of sulfone groups is 1. The van der Waals surface area contributed by atoms with E-state index < -0.39 is 9.84 Å². The zero-order valence-corrected chi connectivity index (χ0v) is 17.5. The number of amidine groups is 1. The topological polar surface area (TPSA) is 49.7 Å². The van der Waals surface area contributed by atoms with Gasteiger partial charge in [0.05, 0.1) is 23.6 Å². The Morgan fingerprint density at radius 3 is 2.59 bits per heavy atom. The minimum absolute atomic E-state index is 0.0872. The second kappa shape index (κ2) is 6.99. The summed E-state index contributed by atoms with van der Waals surface area (Å²) in [7, 11) is -3.02. The van der Waals surface area contributed by atoms with Crippen molar-refractivity contribution in [3.05, 3.63) is 64.7 Å². The van der Waals surface area contributed by atoms with Gasteiger partial charge in [0, 0.05) is 11.4 Å². The Labute approximate surface area is 165 Å². The molecule has 4 rings (SSSR count). The van der Waals surface area contributed by atoms with E-state index in [0.29, 0.717) is 0 Å². The van der Waals surface area contributed by atoms with Crippen LogP contribution < -0.4 is 4.90 Å². The Hall–Kier alpha value is -1.79. The number of rotatable bonds is 3. The van der Waals surface area contributed by atoms with Gasteiger partial charge in [0.25, 0.3) is 0 Å². The van der Waals surface area contributed by atoms with Gasteiger partial charge in [0.2, 0.25) is 0 Å². The summed E-state index contributed by atoms with van der Waals surface area (Å²) in [6, 6.07) is 14.5. The first-order valence-corrected chi connectivity index (χ1v) is 12.0. The van der Waals surface area contributed by atoms with Crippen LogP contribution in [0.4, 0.5) is 5.69 Å². The fourth-order valence-corrected chi connectivity index (χ4v) is 6.94. The molecule has 0 aliphatic carbocycles. The normalized spacial score (nSPS) is 23.4. The van der Waals surface area contributed by atoms with Crippen molar-refractivity contribution in [3.8, 4) is 0 Å². The van der Waals surface area contributed by atoms with E-state index in [1.165, 1.54) is 16.7 Å². The Morgan fingerprint density at radius 1 is 1.07 bits per heavy atom. The maximum Gasteiger partial charge on any atom is 0.164 e. The molecule has 2 aromatic carbocycles. The SMILES string of the molecule is Cc1ccc(N2C(SCc3ccccc3C)=NC3CS(=O)(=O)CC32)c(C)c1. The molecule has 2 aliphatic rings. The molecule has 0 saturated carbocycles. The molecular weight excluding hydrogens is 376 g/mol. The number of benzene rings is 2. The number of fused-ring (bicyclic) bond motifs is 1. The van der Waals surface area contributed by atoms with E-state index in [-0.39, 0.29) is 23.6 Å². The molecule has 2 aromatic rings. The van der Waals surface area contributed by atoms with Gasteiger partial charge in [-0.25, -0.2) is 8.42 Å². The standard InChI is InChI=1S/C21H24N2O2S2/c1-14-8-9-19(16(3)10-14)23-20-13-27(24,25)12-18(20)22-21(23)26-11-17-7-5-4-6-15(17)2/h4-10,18,20H,11-13H2,1-3H3. The number of hydrogen-bond acceptors (Lipinski definition) is 5. The lowest BCUT2D eigenvalue weighted by molar-refractivity contribution is 0.601. The minimum Gasteiger partial charge on any atom is -0.315 e. The molecule has 1 saturated heterocycles. The second-order valence-electron chi connectivity index (χ2n) is 7.50. The lowest BCUT2D eigenvalue weighted by Crippen LogP contribution is -2.39. The average Bonchev–Trinajstić information content (AvgIpc) is 3.06. The fraction of sp³-hybridized carbons (Fsp3) is 0.381. The molecule has 6 heteroatoms. The molecule has 4 nitrogen and oxygen atoms in total. The van der Waals surface area contributed by atoms with Gasteiger partial charge in [0.15, 0.2) is 15.0 Å². The quantitative estimate of drug-likeness (QED) is 0.784. The molecular formula is C21H24N2O2S2. The first-order valence-electron chi connectivity index (χ1n) is 9.16. The van der Waals surface area contributed by atoms with E-state index in [2.05, 4.69) is 62.1 Å². The summed E-state index contributed by atoms with van der Waals surface area (Å²) in [5.74, 6) is 1.18. The molecule has 27 heavy (non-hydrogen) atoms. The van der Waals surface area contributed by atoms with Gasteiger partial charge >= 0.3 is 0 Å². The highest BCUT2D eigenvalue weighted by Crippen LogP contribution is 2.37. The largest absolute Gasteiger partial charge is 0.315 e. The molecule has 1 fully saturated rings. The van der Waals surface area contributed by atoms with Crippen LogP contribution >= 0.6 is 11.8 Å². The minimum atomic E-state index is -3.02. The Kier molecular flexibility index (Phi) is 4.80. The van der Waals surface area contributed by atoms with Crippen molar-refractivity contribution >= 4 is 32.5 Å². The summed E-state index contributed by atoms with van der Waals surface area (Å²) in [5.41, 5.74) is 5.99. The van der Waals surface area contributed by atoms with Gasteiger partial charge < -0.3 is 4.90 Å². The van der Waals surface area contributed by atoms with Gasteiger partial charge in [0.1, 0.15) is 0 Å². The van der Waals surface area contributed by atoms with Gasteiger partial charge in [-0.05, 0) is 43.5 Å². The van der Waals surface area contributed by atoms with Crippen LogP contribution in [0.2, 0.25) is 0 Å². The molecule has 2 aliphatic heterocycles. The van der Waals surface area contributed by atoms with E-state index in [1.54, 1.807) is 11.8 Å². The molecule has 2 unspecified atom stereocenters. The zero-order valence-electron chi connectivity index (χ0n) is 15.8. The van der Waals surface area contributed by atoms with Crippen molar-refractivity contribution in [1.82, 2.24) is 0 Å². The highest BCUT2D eigenvalue weighted by atomic mass is 32.2. The lowest BCUT2D eigenvalue weighted by Gasteiger charge is -2.28. The Balaban J connectivity index is 1.66. The molecule has 0 radical (unpaired) electrons. The van der Waals surface area contributed by atoms with Crippen LogP contribution in [-0.4, -0.2) is 37.2 Å². The van der Waals surface area contributed by atoms with E-state index in [9.17, 15) is 8.42 Å². The summed E-state index contributed by atoms with van der Waals surface area (Å²) in [6.45, 7) is 6.28. The van der Waals surface area contributed by atoms with Gasteiger partial charge in [-0.1, -0.05) is 53.7 Å². The number of anilines is 1. The average molecular weight is 401 g/mol. The van der Waals surface area contributed by atoms with Crippen molar-refractivity contribution < 1.29 is 8.42 Å². The Morgan fingerprint density at radius 2 is 1.85 bits per heavy atom. The van der Waals surface area contributed by atoms with E-state index in [4.69, 9.17) is 4.99 Å². The van der Waals surface area contributed by atoms with Crippen molar-refractivity contribution in [1.29, 1.82) is 0 Å². The molecule has 0 N–H and O–H groups in total. The predicted octanol–water partition coefficient (Wildman–Crippen LogP) is 3.89. The third-order valence-electron chi connectivity index (χ3n) is 5.34. The van der Waals surface area contributed by atoms with Crippen LogP contribution in [0.1, 0.15) is 22.3 Å². The molecule has 2 atom stereocenters. The summed E-state index contributed by atoms with van der Waals surface area (Å²) < 4.78 is 24.4. The predicted molar refractivity (Wildman–Crippen MR) is 115 cm³/mol. The van der Waals surface area contributed by atoms with Crippen molar-refractivity contribution in [2.45, 2.75) is 38.6 Å². The van der Waals surface area contributed by atoms with Gasteiger partial charge in [-0.15, -0.1) is 0 Å². The smallest absolute Gasteiger partial charge is 0.164 e. The van der Waals surface area contributed by atoms with Crippen LogP contribution in [0.3, 0.4) is 0 Å². The summed E-state index contributed by atoms with van der Waals surface area (Å²) in [5, 5.41) is 0.940. The summed E-state index contributed by atoms with van der Waals surface area (Å²) >= 11 is 1.71. The third-order valence-corrected chi connectivity index (χ3v) is 8.05. The van der Waals surface area contributed by atoms with Gasteiger partial charge in [-0.2, -0.15) is 0 Å². The monoisotopic (exact) mass is 400 g/mol. The lowest BCUT2D eigenvalue weighted by atomic mass is 10.1. The second-order valence-corrected chi connectivity index (χ2v) is 10.6. The summed E-state index contributed by atoms with van der Waals surface area (Å²) in [4.78, 5) is 7.01. The van der Waals surface area contributed by atoms with Crippen LogP contribution in [0.25, 0.3) is 0 Å². The van der Waals surface area contributed by atoms with Crippen LogP contribution in [0.5, 0.6) is 0 Å². The highest BCUT2D eigenvalue weighted by Gasteiger charge is 2.47. The molecule has 142 valence electrons. The van der Waals surface area contributed by atoms with Crippen molar-refractivity contribution in [3.63, 3.8) is 0 Å². The third kappa shape index (κ3) is 3.65. The van der Waals surface area contributed by atoms with E-state index >= 15 is 0 Å². The van der Waals surface area contributed by atoms with Crippen LogP contribution in [0.15, 0.2) is 47.5 Å². The number of thioether (sulfide) groups is 1. The van der Waals surface area contributed by atoms with Gasteiger partial charge in [-0.3, -0.25) is 4.99 Å². The van der Waals surface area contributed by atoms with Crippen molar-refractivity contribution in [2.24, 2.45) is 4.99 Å². The molecule has 0 bridgehead atoms. The molecule has 0 amide bonds.